The highest BCUT2D eigenvalue weighted by Gasteiger charge is 2.23. The number of hydrogen-bond acceptors (Lipinski definition) is 2. The Bertz CT molecular complexity index is 387. The summed E-state index contributed by atoms with van der Waals surface area (Å²) in [6.45, 7) is 7.64. The lowest BCUT2D eigenvalue weighted by molar-refractivity contribution is 0.438. The number of nitrogens with zero attached hydrogens (tertiary/aromatic N) is 2. The number of nitrogens with two attached hydrogens (primary N) is 1. The van der Waals surface area contributed by atoms with E-state index in [-0.39, 0.29) is 0 Å². The number of hydrogen-bond donors (Lipinski definition) is 1. The molecule has 1 heterocycles. The summed E-state index contributed by atoms with van der Waals surface area (Å²) in [6.07, 6.45) is 7.57. The van der Waals surface area contributed by atoms with E-state index in [9.17, 15) is 0 Å². The molecule has 2 N–H and O–H groups in total. The topological polar surface area (TPSA) is 43.8 Å². The smallest absolute Gasteiger partial charge is 0.127 e. The van der Waals surface area contributed by atoms with E-state index >= 15 is 0 Å². The van der Waals surface area contributed by atoms with Crippen LogP contribution in [0.5, 0.6) is 0 Å². The lowest BCUT2D eigenvalue weighted by Crippen LogP contribution is -2.12. The van der Waals surface area contributed by atoms with Crippen LogP contribution in [0.4, 0.5) is 5.82 Å². The van der Waals surface area contributed by atoms with E-state index in [1.165, 1.54) is 43.6 Å². The molecule has 0 saturated heterocycles. The molecule has 1 saturated carbocycles. The fourth-order valence-corrected chi connectivity index (χ4v) is 3.05. The number of anilines is 1. The van der Waals surface area contributed by atoms with Gasteiger partial charge in [0.1, 0.15) is 11.6 Å². The molecule has 0 radical (unpaired) electrons. The summed E-state index contributed by atoms with van der Waals surface area (Å²) < 4.78 is 2.24. The monoisotopic (exact) mass is 249 g/mol. The molecule has 0 atom stereocenters. The van der Waals surface area contributed by atoms with Gasteiger partial charge in [-0.05, 0) is 18.8 Å². The van der Waals surface area contributed by atoms with Crippen LogP contribution in [0.3, 0.4) is 0 Å². The number of nitrogen functional groups attached to an aromatic ring is 1. The average Bonchev–Trinajstić information content (AvgIpc) is 2.67. The molecular formula is C15H27N3. The minimum absolute atomic E-state index is 0.609. The summed E-state index contributed by atoms with van der Waals surface area (Å²) in [4.78, 5) is 4.84. The zero-order chi connectivity index (χ0) is 13.1. The van der Waals surface area contributed by atoms with Gasteiger partial charge in [-0.2, -0.15) is 0 Å². The maximum Gasteiger partial charge on any atom is 0.127 e. The van der Waals surface area contributed by atoms with Crippen molar-refractivity contribution in [3.8, 4) is 0 Å². The predicted octanol–water partition coefficient (Wildman–Crippen LogP) is 3.73. The van der Waals surface area contributed by atoms with Gasteiger partial charge in [0.15, 0.2) is 0 Å². The number of aryl methyl sites for hydroxylation is 1. The van der Waals surface area contributed by atoms with Crippen molar-refractivity contribution in [3.63, 3.8) is 0 Å². The second-order valence-electron chi connectivity index (χ2n) is 5.99. The first-order valence-corrected chi connectivity index (χ1v) is 7.48. The van der Waals surface area contributed by atoms with E-state index in [2.05, 4.69) is 25.3 Å². The summed E-state index contributed by atoms with van der Waals surface area (Å²) in [5.41, 5.74) is 7.55. The van der Waals surface area contributed by atoms with Crippen molar-refractivity contribution in [2.24, 2.45) is 5.92 Å². The van der Waals surface area contributed by atoms with Gasteiger partial charge in [0.05, 0.1) is 5.69 Å². The third-order valence-electron chi connectivity index (χ3n) is 3.97. The largest absolute Gasteiger partial charge is 0.384 e. The van der Waals surface area contributed by atoms with E-state index in [1.54, 1.807) is 0 Å². The summed E-state index contributed by atoms with van der Waals surface area (Å²) in [5.74, 6) is 3.33. The highest BCUT2D eigenvalue weighted by Crippen LogP contribution is 2.35. The third-order valence-corrected chi connectivity index (χ3v) is 3.97. The first-order chi connectivity index (χ1) is 8.63. The molecule has 1 aliphatic rings. The van der Waals surface area contributed by atoms with Gasteiger partial charge in [-0.3, -0.25) is 0 Å². The molecule has 2 rings (SSSR count). The number of rotatable bonds is 4. The van der Waals surface area contributed by atoms with Gasteiger partial charge < -0.3 is 10.3 Å². The fourth-order valence-electron chi connectivity index (χ4n) is 3.05. The van der Waals surface area contributed by atoms with Gasteiger partial charge in [-0.1, -0.05) is 40.0 Å². The highest BCUT2D eigenvalue weighted by atomic mass is 15.1. The van der Waals surface area contributed by atoms with Crippen LogP contribution >= 0.6 is 0 Å². The Morgan fingerprint density at radius 2 is 1.94 bits per heavy atom. The normalized spacial score (nSPS) is 17.6. The second-order valence-corrected chi connectivity index (χ2v) is 5.99. The lowest BCUT2D eigenvalue weighted by atomic mass is 9.87. The van der Waals surface area contributed by atoms with Crippen molar-refractivity contribution in [1.82, 2.24) is 9.55 Å². The van der Waals surface area contributed by atoms with Crippen LogP contribution < -0.4 is 5.73 Å². The molecule has 3 heteroatoms. The summed E-state index contributed by atoms with van der Waals surface area (Å²) in [7, 11) is 0. The van der Waals surface area contributed by atoms with Crippen molar-refractivity contribution in [1.29, 1.82) is 0 Å². The molecule has 3 nitrogen and oxygen atoms in total. The van der Waals surface area contributed by atoms with Crippen LogP contribution in [0.1, 0.15) is 70.3 Å². The Hall–Kier alpha value is -0.990. The molecule has 0 spiro atoms. The summed E-state index contributed by atoms with van der Waals surface area (Å²) in [6, 6.07) is 0. The molecular weight excluding hydrogens is 222 g/mol. The van der Waals surface area contributed by atoms with Crippen LogP contribution in [0.25, 0.3) is 0 Å². The zero-order valence-electron chi connectivity index (χ0n) is 12.1. The van der Waals surface area contributed by atoms with Crippen molar-refractivity contribution >= 4 is 5.82 Å². The molecule has 0 unspecified atom stereocenters. The van der Waals surface area contributed by atoms with Crippen LogP contribution in [-0.2, 0) is 13.0 Å². The van der Waals surface area contributed by atoms with Crippen molar-refractivity contribution in [2.75, 3.05) is 5.73 Å². The first kappa shape index (κ1) is 13.4. The van der Waals surface area contributed by atoms with E-state index in [1.807, 2.05) is 0 Å². The average molecular weight is 249 g/mol. The molecule has 0 aliphatic heterocycles. The third kappa shape index (κ3) is 2.70. The molecule has 0 bridgehead atoms. The molecule has 102 valence electrons. The molecule has 1 aromatic rings. The van der Waals surface area contributed by atoms with Gasteiger partial charge in [0.25, 0.3) is 0 Å². The summed E-state index contributed by atoms with van der Waals surface area (Å²) in [5, 5.41) is 0. The fraction of sp³-hybridized carbons (Fsp3) is 0.800. The zero-order valence-corrected chi connectivity index (χ0v) is 12.1. The second kappa shape index (κ2) is 5.77. The van der Waals surface area contributed by atoms with Crippen molar-refractivity contribution < 1.29 is 0 Å². The minimum atomic E-state index is 0.609. The maximum atomic E-state index is 6.36. The van der Waals surface area contributed by atoms with E-state index in [0.29, 0.717) is 11.8 Å². The van der Waals surface area contributed by atoms with Gasteiger partial charge in [-0.15, -0.1) is 0 Å². The number of aromatic nitrogens is 2. The first-order valence-electron chi connectivity index (χ1n) is 7.48. The summed E-state index contributed by atoms with van der Waals surface area (Å²) >= 11 is 0. The molecule has 1 aliphatic carbocycles. The Balaban J connectivity index is 2.27. The van der Waals surface area contributed by atoms with Gasteiger partial charge >= 0.3 is 0 Å². The van der Waals surface area contributed by atoms with E-state index in [4.69, 9.17) is 10.7 Å². The molecule has 0 aromatic carbocycles. The van der Waals surface area contributed by atoms with Crippen LogP contribution in [0, 0.1) is 5.92 Å². The Morgan fingerprint density at radius 3 is 2.50 bits per heavy atom. The van der Waals surface area contributed by atoms with E-state index < -0.39 is 0 Å². The number of imidazole rings is 1. The van der Waals surface area contributed by atoms with Gasteiger partial charge in [-0.25, -0.2) is 4.98 Å². The van der Waals surface area contributed by atoms with Crippen molar-refractivity contribution in [3.05, 3.63) is 11.5 Å². The quantitative estimate of drug-likeness (QED) is 0.883. The lowest BCUT2D eigenvalue weighted by Gasteiger charge is -2.20. The van der Waals surface area contributed by atoms with Crippen LogP contribution in [0.2, 0.25) is 0 Å². The van der Waals surface area contributed by atoms with Crippen LogP contribution in [-0.4, -0.2) is 9.55 Å². The van der Waals surface area contributed by atoms with Gasteiger partial charge in [0.2, 0.25) is 0 Å². The molecule has 0 amide bonds. The molecule has 1 fully saturated rings. The van der Waals surface area contributed by atoms with Crippen LogP contribution in [0.15, 0.2) is 0 Å². The Morgan fingerprint density at radius 1 is 1.28 bits per heavy atom. The maximum absolute atomic E-state index is 6.36. The van der Waals surface area contributed by atoms with E-state index in [0.717, 1.165) is 18.8 Å². The van der Waals surface area contributed by atoms with Gasteiger partial charge in [0, 0.05) is 18.9 Å². The minimum Gasteiger partial charge on any atom is -0.384 e. The SMILES string of the molecule is CCc1nc(C2CCCCC2)c(N)n1CC(C)C. The standard InChI is InChI=1S/C15H27N3/c1-4-13-17-14(12-8-6-5-7-9-12)15(16)18(13)10-11(2)3/h11-12H,4-10,16H2,1-3H3. The molecule has 1 aromatic heterocycles. The Labute approximate surface area is 111 Å². The highest BCUT2D eigenvalue weighted by molar-refractivity contribution is 5.41. The molecule has 18 heavy (non-hydrogen) atoms. The van der Waals surface area contributed by atoms with Crippen molar-refractivity contribution in [2.45, 2.75) is 71.8 Å². The predicted molar refractivity (Wildman–Crippen MR) is 76.7 cm³/mol. The Kier molecular flexibility index (Phi) is 4.31.